The fourth-order valence-corrected chi connectivity index (χ4v) is 1.56. The molecule has 0 heterocycles. The lowest BCUT2D eigenvalue weighted by atomic mass is 10.0. The maximum atomic E-state index is 2.84. The Labute approximate surface area is 67.3 Å². The molecule has 0 amide bonds. The summed E-state index contributed by atoms with van der Waals surface area (Å²) in [7, 11) is 2.84. The molecule has 0 bridgehead atoms. The highest BCUT2D eigenvalue weighted by molar-refractivity contribution is 7.17. The standard InChI is InChI=1S/C9H19P/c1-4-5-6-8(2)7-9(3)10/h4-5,8-9H,6-7,10H2,1-3H3/b5-4+. The van der Waals surface area contributed by atoms with E-state index in [0.717, 1.165) is 11.6 Å². The zero-order valence-corrected chi connectivity index (χ0v) is 8.46. The van der Waals surface area contributed by atoms with Crippen LogP contribution < -0.4 is 0 Å². The van der Waals surface area contributed by atoms with Crippen molar-refractivity contribution in [3.05, 3.63) is 12.2 Å². The summed E-state index contributed by atoms with van der Waals surface area (Å²) in [6.45, 7) is 6.63. The van der Waals surface area contributed by atoms with Gasteiger partial charge in [0.25, 0.3) is 0 Å². The summed E-state index contributed by atoms with van der Waals surface area (Å²) >= 11 is 0. The molecule has 0 N–H and O–H groups in total. The Kier molecular flexibility index (Phi) is 6.02. The summed E-state index contributed by atoms with van der Waals surface area (Å²) in [5.41, 5.74) is 0.764. The molecule has 0 nitrogen and oxygen atoms in total. The lowest BCUT2D eigenvalue weighted by Gasteiger charge is -2.10. The first-order chi connectivity index (χ1) is 4.66. The van der Waals surface area contributed by atoms with Gasteiger partial charge in [-0.15, -0.1) is 9.24 Å². The maximum absolute atomic E-state index is 2.84. The molecule has 3 unspecified atom stereocenters. The fourth-order valence-electron chi connectivity index (χ4n) is 1.10. The molecular weight excluding hydrogens is 139 g/mol. The van der Waals surface area contributed by atoms with Crippen LogP contribution in [0.3, 0.4) is 0 Å². The molecule has 0 rings (SSSR count). The third kappa shape index (κ3) is 6.29. The van der Waals surface area contributed by atoms with E-state index in [1.54, 1.807) is 0 Å². The third-order valence-corrected chi connectivity index (χ3v) is 1.82. The van der Waals surface area contributed by atoms with Gasteiger partial charge < -0.3 is 0 Å². The van der Waals surface area contributed by atoms with Gasteiger partial charge >= 0.3 is 0 Å². The minimum Gasteiger partial charge on any atom is -0.135 e. The van der Waals surface area contributed by atoms with Gasteiger partial charge in [-0.1, -0.05) is 26.0 Å². The molecule has 0 saturated heterocycles. The molecule has 0 aliphatic rings. The smallest absolute Gasteiger partial charge is 0.0290 e. The Bertz CT molecular complexity index is 94.9. The van der Waals surface area contributed by atoms with Crippen molar-refractivity contribution in [2.75, 3.05) is 0 Å². The Hall–Kier alpha value is 0.170. The summed E-state index contributed by atoms with van der Waals surface area (Å²) < 4.78 is 0. The largest absolute Gasteiger partial charge is 0.135 e. The van der Waals surface area contributed by atoms with Crippen LogP contribution in [0, 0.1) is 5.92 Å². The molecule has 0 saturated carbocycles. The van der Waals surface area contributed by atoms with Crippen molar-refractivity contribution in [3.63, 3.8) is 0 Å². The lowest BCUT2D eigenvalue weighted by molar-refractivity contribution is 0.539. The third-order valence-electron chi connectivity index (χ3n) is 1.55. The van der Waals surface area contributed by atoms with Crippen LogP contribution >= 0.6 is 9.24 Å². The van der Waals surface area contributed by atoms with Crippen LogP contribution in [0.25, 0.3) is 0 Å². The molecule has 0 aromatic carbocycles. The molecule has 10 heavy (non-hydrogen) atoms. The summed E-state index contributed by atoms with van der Waals surface area (Å²) in [4.78, 5) is 0. The first-order valence-corrected chi connectivity index (χ1v) is 4.70. The minimum absolute atomic E-state index is 0.764. The number of hydrogen-bond donors (Lipinski definition) is 0. The molecule has 0 aromatic rings. The average molecular weight is 158 g/mol. The summed E-state index contributed by atoms with van der Waals surface area (Å²) in [6, 6.07) is 0. The molecule has 60 valence electrons. The van der Waals surface area contributed by atoms with Gasteiger partial charge in [-0.25, -0.2) is 0 Å². The van der Waals surface area contributed by atoms with E-state index in [-0.39, 0.29) is 0 Å². The van der Waals surface area contributed by atoms with Gasteiger partial charge in [-0.05, 0) is 31.3 Å². The first-order valence-electron chi connectivity index (χ1n) is 4.03. The van der Waals surface area contributed by atoms with Crippen LogP contribution in [0.1, 0.15) is 33.6 Å². The lowest BCUT2D eigenvalue weighted by Crippen LogP contribution is -1.99. The Morgan fingerprint density at radius 2 is 2.00 bits per heavy atom. The van der Waals surface area contributed by atoms with E-state index in [9.17, 15) is 0 Å². The van der Waals surface area contributed by atoms with Gasteiger partial charge in [-0.2, -0.15) is 0 Å². The van der Waals surface area contributed by atoms with Crippen molar-refractivity contribution in [2.24, 2.45) is 5.92 Å². The van der Waals surface area contributed by atoms with Crippen LogP contribution in [0.4, 0.5) is 0 Å². The Morgan fingerprint density at radius 3 is 2.40 bits per heavy atom. The van der Waals surface area contributed by atoms with E-state index in [1.807, 2.05) is 0 Å². The molecule has 0 aliphatic carbocycles. The van der Waals surface area contributed by atoms with E-state index >= 15 is 0 Å². The van der Waals surface area contributed by atoms with E-state index in [4.69, 9.17) is 0 Å². The van der Waals surface area contributed by atoms with E-state index < -0.39 is 0 Å². The van der Waals surface area contributed by atoms with Gasteiger partial charge in [0, 0.05) is 0 Å². The average Bonchev–Trinajstić information content (AvgIpc) is 1.82. The van der Waals surface area contributed by atoms with Gasteiger partial charge in [0.1, 0.15) is 0 Å². The second kappa shape index (κ2) is 5.92. The number of rotatable bonds is 4. The molecule has 0 aliphatic heterocycles. The molecule has 0 fully saturated rings. The Morgan fingerprint density at radius 1 is 1.40 bits per heavy atom. The zero-order chi connectivity index (χ0) is 7.98. The van der Waals surface area contributed by atoms with E-state index in [2.05, 4.69) is 42.2 Å². The summed E-state index contributed by atoms with van der Waals surface area (Å²) in [5.74, 6) is 0.837. The molecule has 0 aromatic heterocycles. The molecular formula is C9H19P. The fraction of sp³-hybridized carbons (Fsp3) is 0.778. The minimum atomic E-state index is 0.764. The number of allylic oxidation sites excluding steroid dienone is 2. The first kappa shape index (κ1) is 10.2. The van der Waals surface area contributed by atoms with Crippen LogP contribution in [-0.4, -0.2) is 5.66 Å². The zero-order valence-electron chi connectivity index (χ0n) is 7.30. The van der Waals surface area contributed by atoms with Gasteiger partial charge in [-0.3, -0.25) is 0 Å². The van der Waals surface area contributed by atoms with Crippen molar-refractivity contribution >= 4 is 9.24 Å². The van der Waals surface area contributed by atoms with Crippen molar-refractivity contribution in [2.45, 2.75) is 39.3 Å². The second-order valence-electron chi connectivity index (χ2n) is 3.12. The predicted octanol–water partition coefficient (Wildman–Crippen LogP) is 3.24. The SMILES string of the molecule is C/C=C/CC(C)CC(C)P. The monoisotopic (exact) mass is 158 g/mol. The van der Waals surface area contributed by atoms with Crippen molar-refractivity contribution in [1.82, 2.24) is 0 Å². The van der Waals surface area contributed by atoms with Crippen LogP contribution in [-0.2, 0) is 0 Å². The highest BCUT2D eigenvalue weighted by Gasteiger charge is 2.01. The van der Waals surface area contributed by atoms with Crippen molar-refractivity contribution < 1.29 is 0 Å². The summed E-state index contributed by atoms with van der Waals surface area (Å²) in [5, 5.41) is 0. The number of hydrogen-bond acceptors (Lipinski definition) is 0. The quantitative estimate of drug-likeness (QED) is 0.435. The highest BCUT2D eigenvalue weighted by atomic mass is 31.0. The van der Waals surface area contributed by atoms with Gasteiger partial charge in [0.2, 0.25) is 0 Å². The van der Waals surface area contributed by atoms with E-state index in [0.29, 0.717) is 0 Å². The molecule has 1 heteroatoms. The molecule has 3 atom stereocenters. The summed E-state index contributed by atoms with van der Waals surface area (Å²) in [6.07, 6.45) is 6.92. The maximum Gasteiger partial charge on any atom is -0.0290 e. The van der Waals surface area contributed by atoms with Gasteiger partial charge in [0.05, 0.1) is 0 Å². The van der Waals surface area contributed by atoms with Crippen LogP contribution in [0.5, 0.6) is 0 Å². The Balaban J connectivity index is 3.33. The highest BCUT2D eigenvalue weighted by Crippen LogP contribution is 2.15. The molecule has 0 spiro atoms. The topological polar surface area (TPSA) is 0 Å². The van der Waals surface area contributed by atoms with Crippen molar-refractivity contribution in [1.29, 1.82) is 0 Å². The van der Waals surface area contributed by atoms with Crippen molar-refractivity contribution in [3.8, 4) is 0 Å². The van der Waals surface area contributed by atoms with Crippen LogP contribution in [0.2, 0.25) is 0 Å². The predicted molar refractivity (Wildman–Crippen MR) is 52.4 cm³/mol. The van der Waals surface area contributed by atoms with Gasteiger partial charge in [0.15, 0.2) is 0 Å². The normalized spacial score (nSPS) is 17.6. The van der Waals surface area contributed by atoms with E-state index in [1.165, 1.54) is 12.8 Å². The second-order valence-corrected chi connectivity index (χ2v) is 4.26. The molecule has 0 radical (unpaired) electrons. The van der Waals surface area contributed by atoms with Crippen LogP contribution in [0.15, 0.2) is 12.2 Å².